The van der Waals surface area contributed by atoms with Gasteiger partial charge in [0.25, 0.3) is 5.56 Å². The van der Waals surface area contributed by atoms with Crippen LogP contribution in [0.3, 0.4) is 0 Å². The maximum atomic E-state index is 12.5. The van der Waals surface area contributed by atoms with Crippen LogP contribution in [0.2, 0.25) is 0 Å². The fourth-order valence-corrected chi connectivity index (χ4v) is 2.71. The van der Waals surface area contributed by atoms with Crippen molar-refractivity contribution in [2.75, 3.05) is 0 Å². The molecule has 3 aromatic rings. The molecule has 1 heterocycles. The molecule has 0 aliphatic heterocycles. The fourth-order valence-electron chi connectivity index (χ4n) is 2.71. The van der Waals surface area contributed by atoms with E-state index in [4.69, 9.17) is 9.84 Å². The summed E-state index contributed by atoms with van der Waals surface area (Å²) in [5.74, 6) is 0.139. The van der Waals surface area contributed by atoms with Gasteiger partial charge >= 0.3 is 0 Å². The number of hydrogen-bond donors (Lipinski definition) is 1. The van der Waals surface area contributed by atoms with E-state index >= 15 is 0 Å². The molecule has 0 radical (unpaired) electrons. The standard InChI is InChI=1S/C21H20N2O4/c1-15-9-17(13-24)7-8-19(15)20(25)12-23-21(26)10-18(11-22-23)27-14-16-5-3-2-4-6-16/h2-11,24H,12-14H2,1H3. The Hall–Kier alpha value is -3.25. The van der Waals surface area contributed by atoms with Gasteiger partial charge < -0.3 is 9.84 Å². The van der Waals surface area contributed by atoms with Crippen molar-refractivity contribution in [3.05, 3.63) is 93.4 Å². The van der Waals surface area contributed by atoms with Gasteiger partial charge in [0.2, 0.25) is 0 Å². The van der Waals surface area contributed by atoms with E-state index in [-0.39, 0.29) is 18.9 Å². The van der Waals surface area contributed by atoms with Crippen LogP contribution >= 0.6 is 0 Å². The van der Waals surface area contributed by atoms with Gasteiger partial charge in [0.1, 0.15) is 18.9 Å². The van der Waals surface area contributed by atoms with Crippen LogP contribution < -0.4 is 10.3 Å². The Morgan fingerprint density at radius 3 is 2.56 bits per heavy atom. The highest BCUT2D eigenvalue weighted by Gasteiger charge is 2.12. The lowest BCUT2D eigenvalue weighted by Crippen LogP contribution is -2.26. The van der Waals surface area contributed by atoms with Crippen molar-refractivity contribution in [2.45, 2.75) is 26.7 Å². The largest absolute Gasteiger partial charge is 0.487 e. The lowest BCUT2D eigenvalue weighted by Gasteiger charge is -2.09. The molecule has 27 heavy (non-hydrogen) atoms. The maximum absolute atomic E-state index is 12.5. The second-order valence-corrected chi connectivity index (χ2v) is 6.19. The number of rotatable bonds is 7. The monoisotopic (exact) mass is 364 g/mol. The van der Waals surface area contributed by atoms with E-state index in [2.05, 4.69) is 5.10 Å². The molecule has 3 rings (SSSR count). The van der Waals surface area contributed by atoms with Crippen LogP contribution in [0.5, 0.6) is 5.75 Å². The van der Waals surface area contributed by atoms with E-state index in [1.54, 1.807) is 25.1 Å². The number of aliphatic hydroxyl groups excluding tert-OH is 1. The molecule has 0 saturated carbocycles. The molecule has 0 atom stereocenters. The van der Waals surface area contributed by atoms with E-state index in [9.17, 15) is 9.59 Å². The zero-order chi connectivity index (χ0) is 19.2. The Labute approximate surface area is 156 Å². The van der Waals surface area contributed by atoms with Gasteiger partial charge in [0.05, 0.1) is 12.8 Å². The quantitative estimate of drug-likeness (QED) is 0.652. The maximum Gasteiger partial charge on any atom is 0.270 e. The Kier molecular flexibility index (Phi) is 5.78. The minimum absolute atomic E-state index is 0.0826. The van der Waals surface area contributed by atoms with Gasteiger partial charge in [-0.2, -0.15) is 5.10 Å². The van der Waals surface area contributed by atoms with Crippen LogP contribution in [0.25, 0.3) is 0 Å². The molecule has 6 nitrogen and oxygen atoms in total. The molecule has 0 aliphatic rings. The molecule has 0 bridgehead atoms. The number of aromatic nitrogens is 2. The number of benzene rings is 2. The van der Waals surface area contributed by atoms with E-state index in [1.807, 2.05) is 30.3 Å². The van der Waals surface area contributed by atoms with Crippen LogP contribution in [0.1, 0.15) is 27.0 Å². The molecule has 0 saturated heterocycles. The highest BCUT2D eigenvalue weighted by atomic mass is 16.5. The molecule has 2 aromatic carbocycles. The number of ether oxygens (including phenoxy) is 1. The van der Waals surface area contributed by atoms with E-state index < -0.39 is 5.56 Å². The molecule has 1 N–H and O–H groups in total. The number of carbonyl (C=O) groups excluding carboxylic acids is 1. The summed E-state index contributed by atoms with van der Waals surface area (Å²) in [7, 11) is 0. The van der Waals surface area contributed by atoms with Crippen LogP contribution in [-0.2, 0) is 19.8 Å². The van der Waals surface area contributed by atoms with Gasteiger partial charge in [-0.15, -0.1) is 0 Å². The number of aryl methyl sites for hydroxylation is 1. The van der Waals surface area contributed by atoms with Gasteiger partial charge in [0.15, 0.2) is 5.78 Å². The molecular weight excluding hydrogens is 344 g/mol. The summed E-state index contributed by atoms with van der Waals surface area (Å²) >= 11 is 0. The highest BCUT2D eigenvalue weighted by molar-refractivity contribution is 5.97. The van der Waals surface area contributed by atoms with Crippen molar-refractivity contribution in [3.8, 4) is 5.75 Å². The van der Waals surface area contributed by atoms with E-state index in [0.717, 1.165) is 21.4 Å². The van der Waals surface area contributed by atoms with E-state index in [1.165, 1.54) is 12.3 Å². The van der Waals surface area contributed by atoms with Crippen LogP contribution in [0, 0.1) is 6.92 Å². The first kappa shape index (κ1) is 18.5. The first-order valence-corrected chi connectivity index (χ1v) is 8.54. The van der Waals surface area contributed by atoms with Crippen molar-refractivity contribution in [1.82, 2.24) is 9.78 Å². The summed E-state index contributed by atoms with van der Waals surface area (Å²) in [4.78, 5) is 24.7. The average molecular weight is 364 g/mol. The van der Waals surface area contributed by atoms with Crippen LogP contribution in [-0.4, -0.2) is 20.7 Å². The summed E-state index contributed by atoms with van der Waals surface area (Å²) in [6.07, 6.45) is 1.43. The summed E-state index contributed by atoms with van der Waals surface area (Å²) in [5.41, 5.74) is 2.57. The number of Topliss-reactive ketones (excluding diaryl/α,β-unsaturated/α-hetero) is 1. The third-order valence-corrected chi connectivity index (χ3v) is 4.16. The second kappa shape index (κ2) is 8.42. The van der Waals surface area contributed by atoms with Gasteiger partial charge in [-0.3, -0.25) is 9.59 Å². The molecule has 6 heteroatoms. The lowest BCUT2D eigenvalue weighted by atomic mass is 10.0. The predicted octanol–water partition coefficient (Wildman–Crippen LogP) is 2.51. The molecule has 138 valence electrons. The molecule has 0 aliphatic carbocycles. The SMILES string of the molecule is Cc1cc(CO)ccc1C(=O)Cn1ncc(OCc2ccccc2)cc1=O. The first-order chi connectivity index (χ1) is 13.1. The van der Waals surface area contributed by atoms with Crippen molar-refractivity contribution < 1.29 is 14.6 Å². The third kappa shape index (κ3) is 4.68. The molecule has 1 aromatic heterocycles. The molecule has 0 unspecified atom stereocenters. The third-order valence-electron chi connectivity index (χ3n) is 4.16. The minimum Gasteiger partial charge on any atom is -0.487 e. The molecule has 0 amide bonds. The Balaban J connectivity index is 1.69. The Morgan fingerprint density at radius 1 is 1.11 bits per heavy atom. The second-order valence-electron chi connectivity index (χ2n) is 6.19. The molecule has 0 fully saturated rings. The van der Waals surface area contributed by atoms with Gasteiger partial charge in [-0.1, -0.05) is 48.5 Å². The first-order valence-electron chi connectivity index (χ1n) is 8.54. The topological polar surface area (TPSA) is 81.4 Å². The Morgan fingerprint density at radius 2 is 1.89 bits per heavy atom. The number of nitrogens with zero attached hydrogens (tertiary/aromatic N) is 2. The van der Waals surface area contributed by atoms with E-state index in [0.29, 0.717) is 17.9 Å². The van der Waals surface area contributed by atoms with Crippen LogP contribution in [0.15, 0.2) is 65.6 Å². The Bertz CT molecular complexity index is 997. The van der Waals surface area contributed by atoms with Crippen molar-refractivity contribution in [2.24, 2.45) is 0 Å². The minimum atomic E-state index is -0.404. The molecule has 0 spiro atoms. The lowest BCUT2D eigenvalue weighted by molar-refractivity contribution is 0.0964. The van der Waals surface area contributed by atoms with Crippen molar-refractivity contribution in [3.63, 3.8) is 0 Å². The smallest absolute Gasteiger partial charge is 0.270 e. The average Bonchev–Trinajstić information content (AvgIpc) is 2.68. The summed E-state index contributed by atoms with van der Waals surface area (Å²) in [6.45, 7) is 1.89. The number of hydrogen-bond acceptors (Lipinski definition) is 5. The zero-order valence-corrected chi connectivity index (χ0v) is 15.0. The highest BCUT2D eigenvalue weighted by Crippen LogP contribution is 2.13. The summed E-state index contributed by atoms with van der Waals surface area (Å²) in [6, 6.07) is 16.0. The van der Waals surface area contributed by atoms with Gasteiger partial charge in [-0.05, 0) is 23.6 Å². The fraction of sp³-hybridized carbons (Fsp3) is 0.190. The zero-order valence-electron chi connectivity index (χ0n) is 15.0. The van der Waals surface area contributed by atoms with Gasteiger partial charge in [0, 0.05) is 11.6 Å². The predicted molar refractivity (Wildman–Crippen MR) is 101 cm³/mol. The number of ketones is 1. The number of aliphatic hydroxyl groups is 1. The van der Waals surface area contributed by atoms with Gasteiger partial charge in [-0.25, -0.2) is 4.68 Å². The summed E-state index contributed by atoms with van der Waals surface area (Å²) < 4.78 is 6.69. The van der Waals surface area contributed by atoms with Crippen LogP contribution in [0.4, 0.5) is 0 Å². The summed E-state index contributed by atoms with van der Waals surface area (Å²) in [5, 5.41) is 13.2. The number of carbonyl (C=O) groups is 1. The normalized spacial score (nSPS) is 10.6. The van der Waals surface area contributed by atoms with Crippen molar-refractivity contribution in [1.29, 1.82) is 0 Å². The van der Waals surface area contributed by atoms with Crippen molar-refractivity contribution >= 4 is 5.78 Å². The molecular formula is C21H20N2O4.